The Labute approximate surface area is 185 Å². The lowest BCUT2D eigenvalue weighted by Crippen LogP contribution is -2.08. The molecule has 0 unspecified atom stereocenters. The zero-order valence-corrected chi connectivity index (χ0v) is 21.3. The highest BCUT2D eigenvalue weighted by molar-refractivity contribution is 7.76. The molecule has 0 saturated carbocycles. The van der Waals surface area contributed by atoms with Gasteiger partial charge in [0.1, 0.15) is 0 Å². The van der Waals surface area contributed by atoms with Crippen LogP contribution in [0.4, 0.5) is 0 Å². The van der Waals surface area contributed by atoms with Crippen molar-refractivity contribution in [2.45, 2.75) is 105 Å². The van der Waals surface area contributed by atoms with E-state index < -0.39 is 7.26 Å². The largest absolute Gasteiger partial charge is 0.0850 e. The molecule has 0 aromatic heterocycles. The van der Waals surface area contributed by atoms with Crippen molar-refractivity contribution in [2.24, 2.45) is 0 Å². The molecule has 0 aliphatic rings. The number of unbranched alkanes of at least 4 members (excludes halogenated alkanes) is 8. The van der Waals surface area contributed by atoms with Gasteiger partial charge in [0.05, 0.1) is 24.6 Å². The number of hydrogen-bond acceptors (Lipinski definition) is 0. The van der Waals surface area contributed by atoms with Gasteiger partial charge in [-0.2, -0.15) is 0 Å². The van der Waals surface area contributed by atoms with E-state index in [-0.39, 0.29) is 0 Å². The maximum Gasteiger partial charge on any atom is 0.0782 e. The summed E-state index contributed by atoms with van der Waals surface area (Å²) in [5.74, 6) is 0. The van der Waals surface area contributed by atoms with Crippen LogP contribution in [0.25, 0.3) is 0 Å². The monoisotopic (exact) mass is 419 g/mol. The van der Waals surface area contributed by atoms with Gasteiger partial charge >= 0.3 is 0 Å². The van der Waals surface area contributed by atoms with Crippen molar-refractivity contribution in [3.63, 3.8) is 0 Å². The smallest absolute Gasteiger partial charge is 0.0782 e. The number of allylic oxidation sites excluding steroid dienone is 8. The summed E-state index contributed by atoms with van der Waals surface area (Å²) in [5.41, 5.74) is 0. The molecular weight excluding hydrogens is 367 g/mol. The minimum atomic E-state index is -1.04. The quantitative estimate of drug-likeness (QED) is 0.105. The number of hydrogen-bond donors (Lipinski definition) is 0. The fourth-order valence-electron chi connectivity index (χ4n) is 3.40. The van der Waals surface area contributed by atoms with E-state index in [2.05, 4.69) is 76.3 Å². The van der Waals surface area contributed by atoms with Crippen molar-refractivity contribution in [2.75, 3.05) is 24.6 Å². The summed E-state index contributed by atoms with van der Waals surface area (Å²) < 4.78 is 0. The molecule has 0 aliphatic carbocycles. The van der Waals surface area contributed by atoms with Crippen LogP contribution in [0.1, 0.15) is 105 Å². The zero-order valence-electron chi connectivity index (χ0n) is 20.4. The Hall–Kier alpha value is -0.610. The van der Waals surface area contributed by atoms with E-state index in [9.17, 15) is 0 Å². The Kier molecular flexibility index (Phi) is 21.6. The summed E-state index contributed by atoms with van der Waals surface area (Å²) in [6, 6.07) is 0. The summed E-state index contributed by atoms with van der Waals surface area (Å²) in [4.78, 5) is 0. The topological polar surface area (TPSA) is 0 Å². The van der Waals surface area contributed by atoms with Crippen LogP contribution in [0.15, 0.2) is 48.6 Å². The molecule has 0 saturated heterocycles. The van der Waals surface area contributed by atoms with Gasteiger partial charge in [0.2, 0.25) is 0 Å². The van der Waals surface area contributed by atoms with E-state index >= 15 is 0 Å². The second-order valence-corrected chi connectivity index (χ2v) is 12.7. The van der Waals surface area contributed by atoms with E-state index in [0.29, 0.717) is 0 Å². The van der Waals surface area contributed by atoms with Gasteiger partial charge in [-0.15, -0.1) is 0 Å². The third kappa shape index (κ3) is 17.9. The van der Waals surface area contributed by atoms with Crippen molar-refractivity contribution in [1.82, 2.24) is 0 Å². The third-order valence-electron chi connectivity index (χ3n) is 5.53. The van der Waals surface area contributed by atoms with Crippen LogP contribution in [0.5, 0.6) is 0 Å². The fourth-order valence-corrected chi connectivity index (χ4v) is 6.68. The minimum Gasteiger partial charge on any atom is -0.0850 e. The standard InChI is InChI=1S/C28H52P/c1-5-9-13-17-21-25-29(26-22-18-14-10-6-2,27-23-19-15-11-7-3)28-24-20-16-12-8-4/h17-24H,5-16,25-28H2,1-4H3/q+1/b21-17+,22-18+,23-19+,24-20+. The van der Waals surface area contributed by atoms with E-state index in [1.807, 2.05) is 0 Å². The van der Waals surface area contributed by atoms with Crippen LogP contribution in [-0.4, -0.2) is 24.6 Å². The predicted octanol–water partition coefficient (Wildman–Crippen LogP) is 9.99. The summed E-state index contributed by atoms with van der Waals surface area (Å²) in [6.45, 7) is 9.14. The molecule has 0 atom stereocenters. The van der Waals surface area contributed by atoms with Crippen LogP contribution < -0.4 is 0 Å². The highest BCUT2D eigenvalue weighted by atomic mass is 31.2. The Balaban J connectivity index is 5.15. The van der Waals surface area contributed by atoms with E-state index in [0.717, 1.165) is 0 Å². The molecule has 0 spiro atoms. The maximum atomic E-state index is 2.53. The van der Waals surface area contributed by atoms with Gasteiger partial charge in [-0.1, -0.05) is 128 Å². The first-order valence-corrected chi connectivity index (χ1v) is 15.2. The van der Waals surface area contributed by atoms with Gasteiger partial charge < -0.3 is 0 Å². The molecule has 0 aliphatic heterocycles. The molecule has 168 valence electrons. The second kappa shape index (κ2) is 22.1. The van der Waals surface area contributed by atoms with Crippen LogP contribution in [0, 0.1) is 0 Å². The Morgan fingerprint density at radius 2 is 0.621 bits per heavy atom. The molecule has 0 fully saturated rings. The van der Waals surface area contributed by atoms with Gasteiger partial charge in [-0.05, 0) is 25.7 Å². The average molecular weight is 420 g/mol. The van der Waals surface area contributed by atoms with Crippen LogP contribution in [0.3, 0.4) is 0 Å². The lowest BCUT2D eigenvalue weighted by molar-refractivity contribution is 0.813. The minimum absolute atomic E-state index is 1.04. The van der Waals surface area contributed by atoms with Crippen molar-refractivity contribution < 1.29 is 0 Å². The van der Waals surface area contributed by atoms with Crippen LogP contribution in [0.2, 0.25) is 0 Å². The van der Waals surface area contributed by atoms with Gasteiger partial charge in [0.15, 0.2) is 0 Å². The van der Waals surface area contributed by atoms with Crippen LogP contribution in [-0.2, 0) is 0 Å². The SMILES string of the molecule is CCCC/C=C/C[P+](C/C=C/CCCC)(C/C=C/CCCC)C/C=C/CCCC. The Morgan fingerprint density at radius 1 is 0.379 bits per heavy atom. The summed E-state index contributed by atoms with van der Waals surface area (Å²) >= 11 is 0. The maximum absolute atomic E-state index is 2.53. The van der Waals surface area contributed by atoms with E-state index in [1.165, 1.54) is 102 Å². The van der Waals surface area contributed by atoms with Crippen LogP contribution >= 0.6 is 7.26 Å². The molecule has 0 heterocycles. The molecule has 1 heteroatoms. The predicted molar refractivity (Wildman–Crippen MR) is 141 cm³/mol. The van der Waals surface area contributed by atoms with E-state index in [4.69, 9.17) is 0 Å². The Bertz CT molecular complexity index is 356. The normalized spacial score (nSPS) is 13.1. The molecule has 0 rings (SSSR count). The second-order valence-electron chi connectivity index (χ2n) is 8.53. The molecule has 0 aromatic carbocycles. The summed E-state index contributed by atoms with van der Waals surface area (Å²) in [5, 5.41) is 0. The van der Waals surface area contributed by atoms with Crippen molar-refractivity contribution in [3.05, 3.63) is 48.6 Å². The lowest BCUT2D eigenvalue weighted by Gasteiger charge is -2.23. The van der Waals surface area contributed by atoms with Gasteiger partial charge in [0, 0.05) is 7.26 Å². The molecule has 29 heavy (non-hydrogen) atoms. The first kappa shape index (κ1) is 28.4. The summed E-state index contributed by atoms with van der Waals surface area (Å²) in [7, 11) is -1.04. The molecule has 0 radical (unpaired) electrons. The highest BCUT2D eigenvalue weighted by Crippen LogP contribution is 2.59. The zero-order chi connectivity index (χ0) is 21.5. The van der Waals surface area contributed by atoms with Gasteiger partial charge in [-0.25, -0.2) is 0 Å². The molecule has 0 aromatic rings. The summed E-state index contributed by atoms with van der Waals surface area (Å²) in [6.07, 6.45) is 40.7. The molecule has 0 nitrogen and oxygen atoms in total. The lowest BCUT2D eigenvalue weighted by atomic mass is 10.2. The van der Waals surface area contributed by atoms with Crippen molar-refractivity contribution in [1.29, 1.82) is 0 Å². The van der Waals surface area contributed by atoms with E-state index in [1.54, 1.807) is 0 Å². The molecule has 0 N–H and O–H groups in total. The molecular formula is C28H52P+. The number of rotatable bonds is 20. The average Bonchev–Trinajstić information content (AvgIpc) is 2.73. The van der Waals surface area contributed by atoms with Crippen molar-refractivity contribution >= 4 is 7.26 Å². The molecule has 0 amide bonds. The fraction of sp³-hybridized carbons (Fsp3) is 0.714. The first-order chi connectivity index (χ1) is 14.2. The highest BCUT2D eigenvalue weighted by Gasteiger charge is 2.32. The molecule has 0 bridgehead atoms. The van der Waals surface area contributed by atoms with Gasteiger partial charge in [-0.3, -0.25) is 0 Å². The van der Waals surface area contributed by atoms with Crippen molar-refractivity contribution in [3.8, 4) is 0 Å². The third-order valence-corrected chi connectivity index (χ3v) is 9.48. The van der Waals surface area contributed by atoms with Gasteiger partial charge in [0.25, 0.3) is 0 Å². The Morgan fingerprint density at radius 3 is 0.828 bits per heavy atom. The first-order valence-electron chi connectivity index (χ1n) is 12.7.